The molecule has 2 aromatic carbocycles. The number of hydrogen-bond acceptors (Lipinski definition) is 5. The predicted octanol–water partition coefficient (Wildman–Crippen LogP) is 6.64. The van der Waals surface area contributed by atoms with Crippen molar-refractivity contribution in [3.63, 3.8) is 0 Å². The summed E-state index contributed by atoms with van der Waals surface area (Å²) in [5, 5.41) is 6.48. The highest BCUT2D eigenvalue weighted by Gasteiger charge is 2.34. The molecule has 0 fully saturated rings. The number of hydrogen-bond donors (Lipinski definition) is 0. The smallest absolute Gasteiger partial charge is 0.292 e. The first kappa shape index (κ1) is 23.6. The minimum atomic E-state index is -4.82. The van der Waals surface area contributed by atoms with Crippen molar-refractivity contribution in [2.24, 2.45) is 0 Å². The monoisotopic (exact) mass is 508 g/mol. The Balaban J connectivity index is 1.43. The van der Waals surface area contributed by atoms with Crippen LogP contribution < -0.4 is 0 Å². The number of thiazole rings is 1. The van der Waals surface area contributed by atoms with Crippen LogP contribution in [-0.4, -0.2) is 25.5 Å². The Hall–Kier alpha value is -4.18. The maximum Gasteiger partial charge on any atom is 0.419 e. The number of rotatable bonds is 6. The summed E-state index contributed by atoms with van der Waals surface area (Å²) in [5.41, 5.74) is 1.53. The summed E-state index contributed by atoms with van der Waals surface area (Å²) in [4.78, 5) is 21.4. The van der Waals surface area contributed by atoms with Crippen LogP contribution in [0, 0.1) is 5.82 Å². The second-order valence-electron chi connectivity index (χ2n) is 7.82. The van der Waals surface area contributed by atoms with Gasteiger partial charge in [-0.25, -0.2) is 14.1 Å². The van der Waals surface area contributed by atoms with Gasteiger partial charge in [-0.1, -0.05) is 18.2 Å². The van der Waals surface area contributed by atoms with E-state index < -0.39 is 17.6 Å². The molecule has 0 spiro atoms. The van der Waals surface area contributed by atoms with Crippen LogP contribution in [0.25, 0.3) is 28.2 Å². The van der Waals surface area contributed by atoms with E-state index in [4.69, 9.17) is 0 Å². The standard InChI is InChI=1S/C26H16F4N4OS/c27-20-7-6-17(12-19(20)26(28,29)30)22-15-36-25(32-22)14-24(35)21-13-23(16-8-10-31-11-9-16)34(33-21)18-4-2-1-3-5-18/h1-13,15H,14H2. The molecule has 0 saturated carbocycles. The van der Waals surface area contributed by atoms with Crippen LogP contribution in [0.15, 0.2) is 84.5 Å². The van der Waals surface area contributed by atoms with E-state index in [0.717, 1.165) is 34.7 Å². The number of halogens is 4. The highest BCUT2D eigenvalue weighted by Crippen LogP contribution is 2.34. The highest BCUT2D eigenvalue weighted by molar-refractivity contribution is 7.10. The summed E-state index contributed by atoms with van der Waals surface area (Å²) >= 11 is 1.14. The Morgan fingerprint density at radius 1 is 0.944 bits per heavy atom. The Morgan fingerprint density at radius 2 is 1.69 bits per heavy atom. The van der Waals surface area contributed by atoms with E-state index in [2.05, 4.69) is 15.1 Å². The number of ketones is 1. The van der Waals surface area contributed by atoms with Crippen LogP contribution in [0.1, 0.15) is 21.1 Å². The summed E-state index contributed by atoms with van der Waals surface area (Å²) in [5.74, 6) is -1.65. The van der Waals surface area contributed by atoms with Gasteiger partial charge in [0.05, 0.1) is 29.1 Å². The van der Waals surface area contributed by atoms with Crippen LogP contribution in [0.2, 0.25) is 0 Å². The Morgan fingerprint density at radius 3 is 2.42 bits per heavy atom. The van der Waals surface area contributed by atoms with Gasteiger partial charge in [-0.05, 0) is 48.5 Å². The number of benzene rings is 2. The van der Waals surface area contributed by atoms with Gasteiger partial charge in [0.2, 0.25) is 0 Å². The van der Waals surface area contributed by atoms with Crippen LogP contribution in [-0.2, 0) is 12.6 Å². The van der Waals surface area contributed by atoms with Gasteiger partial charge in [-0.3, -0.25) is 9.78 Å². The maximum absolute atomic E-state index is 13.6. The van der Waals surface area contributed by atoms with Crippen LogP contribution >= 0.6 is 11.3 Å². The first-order valence-corrected chi connectivity index (χ1v) is 11.6. The zero-order valence-corrected chi connectivity index (χ0v) is 19.2. The van der Waals surface area contributed by atoms with Gasteiger partial charge in [0.25, 0.3) is 0 Å². The summed E-state index contributed by atoms with van der Waals surface area (Å²) in [6.45, 7) is 0. The van der Waals surface area contributed by atoms with Crippen molar-refractivity contribution >= 4 is 17.1 Å². The molecule has 5 aromatic rings. The zero-order chi connectivity index (χ0) is 25.3. The molecule has 0 N–H and O–H groups in total. The highest BCUT2D eigenvalue weighted by atomic mass is 32.1. The van der Waals surface area contributed by atoms with Gasteiger partial charge in [-0.15, -0.1) is 11.3 Å². The molecule has 0 bridgehead atoms. The Kier molecular flexibility index (Phi) is 6.19. The molecule has 0 unspecified atom stereocenters. The molecule has 0 atom stereocenters. The van der Waals surface area contributed by atoms with Gasteiger partial charge in [0.15, 0.2) is 5.78 Å². The largest absolute Gasteiger partial charge is 0.419 e. The molecule has 5 rings (SSSR count). The van der Waals surface area contributed by atoms with Crippen molar-refractivity contribution in [1.82, 2.24) is 19.7 Å². The molecule has 0 amide bonds. The van der Waals surface area contributed by atoms with E-state index in [1.54, 1.807) is 28.5 Å². The molecule has 5 nitrogen and oxygen atoms in total. The average molecular weight is 509 g/mol. The van der Waals surface area contributed by atoms with Crippen molar-refractivity contribution < 1.29 is 22.4 Å². The maximum atomic E-state index is 13.6. The number of alkyl halides is 3. The number of pyridine rings is 1. The Labute approximate surface area is 206 Å². The van der Waals surface area contributed by atoms with Gasteiger partial charge in [0.1, 0.15) is 16.5 Å². The molecule has 10 heteroatoms. The lowest BCUT2D eigenvalue weighted by Crippen LogP contribution is -2.08. The average Bonchev–Trinajstić information content (AvgIpc) is 3.53. The molecule has 36 heavy (non-hydrogen) atoms. The number of carbonyl (C=O) groups excluding carboxylic acids is 1. The number of para-hydroxylation sites is 1. The molecule has 0 aliphatic rings. The third kappa shape index (κ3) is 4.80. The molecule has 3 aromatic heterocycles. The van der Waals surface area contributed by atoms with E-state index in [0.29, 0.717) is 10.7 Å². The van der Waals surface area contributed by atoms with Crippen molar-refractivity contribution in [3.8, 4) is 28.2 Å². The fraction of sp³-hybridized carbons (Fsp3) is 0.0769. The fourth-order valence-corrected chi connectivity index (χ4v) is 4.47. The summed E-state index contributed by atoms with van der Waals surface area (Å²) in [7, 11) is 0. The van der Waals surface area contributed by atoms with Crippen LogP contribution in [0.5, 0.6) is 0 Å². The molecule has 0 radical (unpaired) electrons. The van der Waals surface area contributed by atoms with Gasteiger partial charge in [0, 0.05) is 28.9 Å². The van der Waals surface area contributed by atoms with E-state index in [1.165, 1.54) is 6.07 Å². The number of aromatic nitrogens is 4. The third-order valence-electron chi connectivity index (χ3n) is 5.40. The molecule has 0 aliphatic heterocycles. The van der Waals surface area contributed by atoms with Gasteiger partial charge in [-0.2, -0.15) is 18.3 Å². The molecular weight excluding hydrogens is 492 g/mol. The lowest BCUT2D eigenvalue weighted by Gasteiger charge is -2.09. The van der Waals surface area contributed by atoms with E-state index in [9.17, 15) is 22.4 Å². The zero-order valence-electron chi connectivity index (χ0n) is 18.4. The number of Topliss-reactive ketones (excluding diaryl/α,β-unsaturated/α-hetero) is 1. The summed E-state index contributed by atoms with van der Waals surface area (Å²) < 4.78 is 54.5. The fourth-order valence-electron chi connectivity index (χ4n) is 3.67. The molecule has 0 saturated heterocycles. The third-order valence-corrected chi connectivity index (χ3v) is 6.25. The minimum absolute atomic E-state index is 0.0838. The van der Waals surface area contributed by atoms with Crippen molar-refractivity contribution in [2.45, 2.75) is 12.6 Å². The van der Waals surface area contributed by atoms with E-state index in [-0.39, 0.29) is 29.2 Å². The molecular formula is C26H16F4N4OS. The summed E-state index contributed by atoms with van der Waals surface area (Å²) in [6, 6.07) is 17.4. The number of nitrogens with zero attached hydrogens (tertiary/aromatic N) is 4. The topological polar surface area (TPSA) is 60.7 Å². The van der Waals surface area contributed by atoms with Crippen LogP contribution in [0.4, 0.5) is 17.6 Å². The second-order valence-corrected chi connectivity index (χ2v) is 8.76. The SMILES string of the molecule is O=C(Cc1nc(-c2ccc(F)c(C(F)(F)F)c2)cs1)c1cc(-c2ccncc2)n(-c2ccccc2)n1. The number of carbonyl (C=O) groups is 1. The molecule has 180 valence electrons. The van der Waals surface area contributed by atoms with Gasteiger partial charge >= 0.3 is 6.18 Å². The van der Waals surface area contributed by atoms with Gasteiger partial charge < -0.3 is 0 Å². The minimum Gasteiger partial charge on any atom is -0.292 e. The van der Waals surface area contributed by atoms with Crippen LogP contribution in [0.3, 0.4) is 0 Å². The van der Waals surface area contributed by atoms with Crippen molar-refractivity contribution in [1.29, 1.82) is 0 Å². The Bertz CT molecular complexity index is 1470. The second kappa shape index (κ2) is 9.46. The van der Waals surface area contributed by atoms with Crippen molar-refractivity contribution in [3.05, 3.63) is 107 Å². The predicted molar refractivity (Wildman–Crippen MR) is 127 cm³/mol. The first-order chi connectivity index (χ1) is 17.3. The first-order valence-electron chi connectivity index (χ1n) is 10.7. The lowest BCUT2D eigenvalue weighted by molar-refractivity contribution is -0.139. The van der Waals surface area contributed by atoms with Crippen molar-refractivity contribution in [2.75, 3.05) is 0 Å². The molecule has 3 heterocycles. The lowest BCUT2D eigenvalue weighted by atomic mass is 10.1. The van der Waals surface area contributed by atoms with E-state index in [1.807, 2.05) is 42.5 Å². The summed E-state index contributed by atoms with van der Waals surface area (Å²) in [6.07, 6.45) is -1.61. The van der Waals surface area contributed by atoms with E-state index >= 15 is 0 Å². The normalized spacial score (nSPS) is 11.6. The molecule has 0 aliphatic carbocycles. The quantitative estimate of drug-likeness (QED) is 0.191.